The molecule has 0 spiro atoms. The Bertz CT molecular complexity index is 531. The number of aliphatic hydroxyl groups is 1. The van der Waals surface area contributed by atoms with Crippen LogP contribution < -0.4 is 60.9 Å². The number of aryl methyl sites for hydroxylation is 1. The summed E-state index contributed by atoms with van der Waals surface area (Å²) in [5.41, 5.74) is 2.44. The van der Waals surface area contributed by atoms with Crippen molar-refractivity contribution in [2.45, 2.75) is 65.9 Å². The Balaban J connectivity index is 0. The van der Waals surface area contributed by atoms with Gasteiger partial charge in [-0.05, 0) is 42.5 Å². The molecule has 2 rings (SSSR count). The molecule has 7 heteroatoms. The van der Waals surface area contributed by atoms with Crippen LogP contribution in [0.2, 0.25) is 0 Å². The molecular weight excluding hydrogens is 411 g/mol. The SMILES string of the molecule is CCCCO.CCCCOCCOCCOCc1cc2c(cc1CCC)OCO2.[H-].[K+]. The number of benzene rings is 1. The van der Waals surface area contributed by atoms with E-state index in [0.29, 0.717) is 46.4 Å². The van der Waals surface area contributed by atoms with Crippen molar-refractivity contribution in [1.29, 1.82) is 0 Å². The smallest absolute Gasteiger partial charge is 1.00 e. The molecule has 170 valence electrons. The second-order valence-electron chi connectivity index (χ2n) is 6.93. The summed E-state index contributed by atoms with van der Waals surface area (Å²) in [6.07, 6.45) is 6.42. The van der Waals surface area contributed by atoms with E-state index in [2.05, 4.69) is 26.8 Å². The minimum absolute atomic E-state index is 0. The Morgan fingerprint density at radius 2 is 1.37 bits per heavy atom. The van der Waals surface area contributed by atoms with E-state index >= 15 is 0 Å². The summed E-state index contributed by atoms with van der Waals surface area (Å²) in [5.74, 6) is 1.66. The van der Waals surface area contributed by atoms with E-state index in [1.165, 1.54) is 11.1 Å². The van der Waals surface area contributed by atoms with Gasteiger partial charge >= 0.3 is 51.4 Å². The number of fused-ring (bicyclic) bond motifs is 1. The predicted molar refractivity (Wildman–Crippen MR) is 116 cm³/mol. The summed E-state index contributed by atoms with van der Waals surface area (Å²) < 4.78 is 27.6. The third-order valence-corrected chi connectivity index (χ3v) is 4.37. The fourth-order valence-corrected chi connectivity index (χ4v) is 2.69. The third-order valence-electron chi connectivity index (χ3n) is 4.37. The van der Waals surface area contributed by atoms with Crippen LogP contribution in [0, 0.1) is 0 Å². The Morgan fingerprint density at radius 3 is 1.90 bits per heavy atom. The van der Waals surface area contributed by atoms with E-state index in [-0.39, 0.29) is 52.8 Å². The zero-order chi connectivity index (χ0) is 21.2. The summed E-state index contributed by atoms with van der Waals surface area (Å²) in [6.45, 7) is 10.9. The maximum Gasteiger partial charge on any atom is 1.00 e. The molecule has 0 aromatic heterocycles. The zero-order valence-corrected chi connectivity index (χ0v) is 22.7. The van der Waals surface area contributed by atoms with Crippen LogP contribution in [0.4, 0.5) is 0 Å². The van der Waals surface area contributed by atoms with Crippen LogP contribution in [0.15, 0.2) is 12.1 Å². The standard InChI is InChI=1S/C19H30O5.C4H10O.K.H/c1-3-5-7-20-8-9-21-10-11-22-14-17-13-19-18(23-15-24-19)12-16(17)6-4-2;1-2-3-4-5;;/h12-13H,3-11,14-15H2,1-2H3;5H,2-4H2,1H3;;/q;;+1;-1. The number of unbranched alkanes of at least 4 members (excludes halogenated alkanes) is 2. The van der Waals surface area contributed by atoms with Gasteiger partial charge in [-0.25, -0.2) is 0 Å². The Morgan fingerprint density at radius 1 is 0.800 bits per heavy atom. The zero-order valence-electron chi connectivity index (χ0n) is 20.5. The Hall–Kier alpha value is 0.296. The quantitative estimate of drug-likeness (QED) is 0.322. The number of rotatable bonds is 15. The van der Waals surface area contributed by atoms with Crippen LogP contribution in [0.5, 0.6) is 11.5 Å². The average molecular weight is 453 g/mol. The first-order valence-corrected chi connectivity index (χ1v) is 11.0. The van der Waals surface area contributed by atoms with Crippen LogP contribution in [-0.4, -0.2) is 51.5 Å². The molecule has 1 aliphatic heterocycles. The maximum absolute atomic E-state index is 8.07. The molecule has 0 saturated carbocycles. The van der Waals surface area contributed by atoms with Crippen LogP contribution in [-0.2, 0) is 27.2 Å². The summed E-state index contributed by atoms with van der Waals surface area (Å²) in [4.78, 5) is 0. The van der Waals surface area contributed by atoms with Crippen molar-refractivity contribution in [1.82, 2.24) is 0 Å². The molecule has 0 unspecified atom stereocenters. The molecule has 1 N–H and O–H groups in total. The van der Waals surface area contributed by atoms with Gasteiger partial charge in [-0.2, -0.15) is 0 Å². The van der Waals surface area contributed by atoms with Crippen molar-refractivity contribution in [3.8, 4) is 11.5 Å². The molecule has 0 atom stereocenters. The number of ether oxygens (including phenoxy) is 5. The van der Waals surface area contributed by atoms with Gasteiger partial charge in [-0.15, -0.1) is 0 Å². The minimum atomic E-state index is 0. The molecule has 1 aromatic carbocycles. The third kappa shape index (κ3) is 13.7. The van der Waals surface area contributed by atoms with Crippen molar-refractivity contribution >= 4 is 0 Å². The first-order valence-electron chi connectivity index (χ1n) is 11.0. The van der Waals surface area contributed by atoms with E-state index in [1.54, 1.807) is 0 Å². The van der Waals surface area contributed by atoms with Crippen LogP contribution in [0.1, 0.15) is 65.4 Å². The van der Waals surface area contributed by atoms with Crippen LogP contribution in [0.25, 0.3) is 0 Å². The molecule has 0 aliphatic carbocycles. The van der Waals surface area contributed by atoms with Crippen LogP contribution >= 0.6 is 0 Å². The molecule has 0 amide bonds. The van der Waals surface area contributed by atoms with Crippen molar-refractivity contribution in [2.24, 2.45) is 0 Å². The molecule has 0 bridgehead atoms. The van der Waals surface area contributed by atoms with Crippen molar-refractivity contribution in [3.05, 3.63) is 23.3 Å². The van der Waals surface area contributed by atoms with Gasteiger partial charge in [0, 0.05) is 13.2 Å². The summed E-state index contributed by atoms with van der Waals surface area (Å²) in [5, 5.41) is 8.07. The molecular formula is C23H41KO6. The molecule has 0 radical (unpaired) electrons. The Labute approximate surface area is 226 Å². The number of aliphatic hydroxyl groups excluding tert-OH is 1. The van der Waals surface area contributed by atoms with Crippen LogP contribution in [0.3, 0.4) is 0 Å². The van der Waals surface area contributed by atoms with E-state index in [4.69, 9.17) is 28.8 Å². The second-order valence-corrected chi connectivity index (χ2v) is 6.93. The normalized spacial score (nSPS) is 11.6. The summed E-state index contributed by atoms with van der Waals surface area (Å²) >= 11 is 0. The summed E-state index contributed by atoms with van der Waals surface area (Å²) in [6, 6.07) is 4.12. The van der Waals surface area contributed by atoms with E-state index in [9.17, 15) is 0 Å². The molecule has 30 heavy (non-hydrogen) atoms. The van der Waals surface area contributed by atoms with Gasteiger partial charge in [0.15, 0.2) is 11.5 Å². The molecule has 1 aromatic rings. The molecule has 6 nitrogen and oxygen atoms in total. The average Bonchev–Trinajstić information content (AvgIpc) is 3.18. The molecule has 1 aliphatic rings. The van der Waals surface area contributed by atoms with Crippen molar-refractivity contribution < 1.29 is 81.6 Å². The minimum Gasteiger partial charge on any atom is -1.00 e. The van der Waals surface area contributed by atoms with Gasteiger partial charge in [0.25, 0.3) is 0 Å². The molecule has 1 heterocycles. The van der Waals surface area contributed by atoms with Gasteiger partial charge in [0.05, 0.1) is 33.0 Å². The number of hydrogen-bond donors (Lipinski definition) is 1. The van der Waals surface area contributed by atoms with E-state index in [1.807, 2.05) is 6.07 Å². The van der Waals surface area contributed by atoms with Crippen molar-refractivity contribution in [3.63, 3.8) is 0 Å². The predicted octanol–water partition coefficient (Wildman–Crippen LogP) is 1.61. The molecule has 0 saturated heterocycles. The van der Waals surface area contributed by atoms with Gasteiger partial charge in [0.1, 0.15) is 0 Å². The number of hydrogen-bond acceptors (Lipinski definition) is 6. The van der Waals surface area contributed by atoms with E-state index in [0.717, 1.165) is 56.6 Å². The first-order chi connectivity index (χ1) is 14.3. The fraction of sp³-hybridized carbons (Fsp3) is 0.739. The van der Waals surface area contributed by atoms with Crippen molar-refractivity contribution in [2.75, 3.05) is 46.4 Å². The second kappa shape index (κ2) is 21.2. The molecule has 0 fully saturated rings. The van der Waals surface area contributed by atoms with Gasteiger partial charge in [-0.1, -0.05) is 40.0 Å². The largest absolute Gasteiger partial charge is 1.00 e. The van der Waals surface area contributed by atoms with E-state index < -0.39 is 0 Å². The summed E-state index contributed by atoms with van der Waals surface area (Å²) in [7, 11) is 0. The topological polar surface area (TPSA) is 66.4 Å². The maximum atomic E-state index is 8.07. The Kier molecular flexibility index (Phi) is 21.4. The monoisotopic (exact) mass is 452 g/mol. The first kappa shape index (κ1) is 30.3. The van der Waals surface area contributed by atoms with Gasteiger partial charge in [0.2, 0.25) is 6.79 Å². The fourth-order valence-electron chi connectivity index (χ4n) is 2.69. The van der Waals surface area contributed by atoms with Gasteiger partial charge in [-0.3, -0.25) is 0 Å². The van der Waals surface area contributed by atoms with Gasteiger partial charge < -0.3 is 30.2 Å².